The van der Waals surface area contributed by atoms with Crippen LogP contribution in [-0.2, 0) is 6.54 Å². The molecule has 0 aromatic carbocycles. The minimum absolute atomic E-state index is 0.477. The van der Waals surface area contributed by atoms with E-state index in [0.29, 0.717) is 12.1 Å². The molecule has 0 radical (unpaired) electrons. The van der Waals surface area contributed by atoms with Crippen LogP contribution in [0.1, 0.15) is 52.4 Å². The summed E-state index contributed by atoms with van der Waals surface area (Å²) in [5.74, 6) is 0.885. The molecule has 0 fully saturated rings. The summed E-state index contributed by atoms with van der Waals surface area (Å²) in [6.45, 7) is 9.37. The molecule has 86 valence electrons. The van der Waals surface area contributed by atoms with Crippen LogP contribution < -0.4 is 5.32 Å². The average Bonchev–Trinajstić information content (AvgIpc) is 2.65. The molecular weight excluding hydrogens is 188 g/mol. The van der Waals surface area contributed by atoms with E-state index in [0.717, 1.165) is 25.2 Å². The Morgan fingerprint density at radius 3 is 2.53 bits per heavy atom. The normalized spacial score (nSPS) is 11.6. The minimum Gasteiger partial charge on any atom is -0.308 e. The standard InChI is InChI=1S/C11H22N4/c1-5-10(6-2)15-8-13-11(14-15)7-12-9(3)4/h8-10,12H,5-7H2,1-4H3. The van der Waals surface area contributed by atoms with Gasteiger partial charge in [0.1, 0.15) is 6.33 Å². The first-order valence-corrected chi connectivity index (χ1v) is 5.80. The predicted molar refractivity (Wildman–Crippen MR) is 61.6 cm³/mol. The second-order valence-electron chi connectivity index (χ2n) is 4.15. The van der Waals surface area contributed by atoms with Crippen LogP contribution in [0.4, 0.5) is 0 Å². The quantitative estimate of drug-likeness (QED) is 0.782. The smallest absolute Gasteiger partial charge is 0.164 e. The third-order valence-corrected chi connectivity index (χ3v) is 2.54. The van der Waals surface area contributed by atoms with Gasteiger partial charge in [0.25, 0.3) is 0 Å². The van der Waals surface area contributed by atoms with Crippen molar-refractivity contribution in [2.24, 2.45) is 0 Å². The van der Waals surface area contributed by atoms with Crippen molar-refractivity contribution in [2.75, 3.05) is 0 Å². The first-order chi connectivity index (χ1) is 7.17. The fourth-order valence-electron chi connectivity index (χ4n) is 1.53. The van der Waals surface area contributed by atoms with E-state index in [2.05, 4.69) is 43.1 Å². The molecule has 0 saturated heterocycles. The maximum atomic E-state index is 4.47. The zero-order chi connectivity index (χ0) is 11.3. The van der Waals surface area contributed by atoms with Crippen molar-refractivity contribution >= 4 is 0 Å². The second-order valence-corrected chi connectivity index (χ2v) is 4.15. The Balaban J connectivity index is 2.55. The highest BCUT2D eigenvalue weighted by molar-refractivity contribution is 4.83. The summed E-state index contributed by atoms with van der Waals surface area (Å²) in [6.07, 6.45) is 4.06. The summed E-state index contributed by atoms with van der Waals surface area (Å²) in [4.78, 5) is 4.29. The molecule has 1 N–H and O–H groups in total. The number of rotatable bonds is 6. The van der Waals surface area contributed by atoms with Gasteiger partial charge in [0.05, 0.1) is 12.6 Å². The Labute approximate surface area is 92.1 Å². The van der Waals surface area contributed by atoms with Crippen LogP contribution in [0.25, 0.3) is 0 Å². The lowest BCUT2D eigenvalue weighted by Gasteiger charge is -2.11. The molecule has 15 heavy (non-hydrogen) atoms. The van der Waals surface area contributed by atoms with Gasteiger partial charge < -0.3 is 5.32 Å². The predicted octanol–water partition coefficient (Wildman–Crippen LogP) is 2.14. The summed E-state index contributed by atoms with van der Waals surface area (Å²) >= 11 is 0. The lowest BCUT2D eigenvalue weighted by atomic mass is 10.2. The highest BCUT2D eigenvalue weighted by Gasteiger charge is 2.08. The van der Waals surface area contributed by atoms with Crippen molar-refractivity contribution in [3.05, 3.63) is 12.2 Å². The molecular formula is C11H22N4. The van der Waals surface area contributed by atoms with E-state index >= 15 is 0 Å². The second kappa shape index (κ2) is 5.85. The summed E-state index contributed by atoms with van der Waals surface area (Å²) in [5, 5.41) is 7.78. The van der Waals surface area contributed by atoms with Crippen LogP contribution in [0, 0.1) is 0 Å². The lowest BCUT2D eigenvalue weighted by molar-refractivity contribution is 0.423. The first kappa shape index (κ1) is 12.2. The van der Waals surface area contributed by atoms with Gasteiger partial charge in [0.15, 0.2) is 5.82 Å². The number of aromatic nitrogens is 3. The van der Waals surface area contributed by atoms with Crippen LogP contribution in [0.3, 0.4) is 0 Å². The molecule has 4 nitrogen and oxygen atoms in total. The Hall–Kier alpha value is -0.900. The van der Waals surface area contributed by atoms with E-state index in [1.54, 1.807) is 0 Å². The van der Waals surface area contributed by atoms with Gasteiger partial charge in [-0.25, -0.2) is 9.67 Å². The number of nitrogens with zero attached hydrogens (tertiary/aromatic N) is 3. The average molecular weight is 210 g/mol. The van der Waals surface area contributed by atoms with E-state index in [1.807, 2.05) is 11.0 Å². The summed E-state index contributed by atoms with van der Waals surface area (Å²) in [7, 11) is 0. The summed E-state index contributed by atoms with van der Waals surface area (Å²) in [5.41, 5.74) is 0. The monoisotopic (exact) mass is 210 g/mol. The third-order valence-electron chi connectivity index (χ3n) is 2.54. The Bertz CT molecular complexity index is 276. The number of hydrogen-bond acceptors (Lipinski definition) is 3. The van der Waals surface area contributed by atoms with Crippen molar-refractivity contribution < 1.29 is 0 Å². The molecule has 0 amide bonds. The van der Waals surface area contributed by atoms with Crippen molar-refractivity contribution in [2.45, 2.75) is 59.2 Å². The van der Waals surface area contributed by atoms with Crippen molar-refractivity contribution in [1.82, 2.24) is 20.1 Å². The minimum atomic E-state index is 0.477. The molecule has 1 rings (SSSR count). The van der Waals surface area contributed by atoms with Crippen molar-refractivity contribution in [3.8, 4) is 0 Å². The number of hydrogen-bond donors (Lipinski definition) is 1. The molecule has 0 saturated carbocycles. The number of nitrogens with one attached hydrogen (secondary N) is 1. The van der Waals surface area contributed by atoms with E-state index in [4.69, 9.17) is 0 Å². The third kappa shape index (κ3) is 3.63. The SMILES string of the molecule is CCC(CC)n1cnc(CNC(C)C)n1. The molecule has 0 atom stereocenters. The van der Waals surface area contributed by atoms with Gasteiger partial charge in [0, 0.05) is 6.04 Å². The Morgan fingerprint density at radius 1 is 1.33 bits per heavy atom. The van der Waals surface area contributed by atoms with E-state index in [-0.39, 0.29) is 0 Å². The van der Waals surface area contributed by atoms with Gasteiger partial charge in [-0.2, -0.15) is 5.10 Å². The molecule has 0 spiro atoms. The fourth-order valence-corrected chi connectivity index (χ4v) is 1.53. The van der Waals surface area contributed by atoms with Gasteiger partial charge >= 0.3 is 0 Å². The van der Waals surface area contributed by atoms with Crippen LogP contribution in [0.15, 0.2) is 6.33 Å². The largest absolute Gasteiger partial charge is 0.308 e. The molecule has 0 aliphatic rings. The van der Waals surface area contributed by atoms with Gasteiger partial charge in [-0.15, -0.1) is 0 Å². The Morgan fingerprint density at radius 2 is 2.00 bits per heavy atom. The van der Waals surface area contributed by atoms with Gasteiger partial charge in [-0.1, -0.05) is 27.7 Å². The fraction of sp³-hybridized carbons (Fsp3) is 0.818. The summed E-state index contributed by atoms with van der Waals surface area (Å²) in [6, 6.07) is 0.968. The van der Waals surface area contributed by atoms with Crippen LogP contribution >= 0.6 is 0 Å². The van der Waals surface area contributed by atoms with E-state index in [9.17, 15) is 0 Å². The van der Waals surface area contributed by atoms with E-state index in [1.165, 1.54) is 0 Å². The molecule has 1 aromatic rings. The molecule has 1 aromatic heterocycles. The highest BCUT2D eigenvalue weighted by Crippen LogP contribution is 2.13. The molecule has 0 unspecified atom stereocenters. The highest BCUT2D eigenvalue weighted by atomic mass is 15.3. The topological polar surface area (TPSA) is 42.7 Å². The van der Waals surface area contributed by atoms with Crippen LogP contribution in [0.5, 0.6) is 0 Å². The van der Waals surface area contributed by atoms with Crippen molar-refractivity contribution in [3.63, 3.8) is 0 Å². The molecule has 0 aliphatic carbocycles. The maximum absolute atomic E-state index is 4.47. The zero-order valence-corrected chi connectivity index (χ0v) is 10.2. The zero-order valence-electron chi connectivity index (χ0n) is 10.2. The maximum Gasteiger partial charge on any atom is 0.164 e. The molecule has 0 aliphatic heterocycles. The Kier molecular flexibility index (Phi) is 4.75. The van der Waals surface area contributed by atoms with E-state index < -0.39 is 0 Å². The molecule has 0 bridgehead atoms. The molecule has 1 heterocycles. The van der Waals surface area contributed by atoms with Crippen LogP contribution in [0.2, 0.25) is 0 Å². The summed E-state index contributed by atoms with van der Waals surface area (Å²) < 4.78 is 1.98. The lowest BCUT2D eigenvalue weighted by Crippen LogP contribution is -2.22. The van der Waals surface area contributed by atoms with Gasteiger partial charge in [0.2, 0.25) is 0 Å². The van der Waals surface area contributed by atoms with Crippen LogP contribution in [-0.4, -0.2) is 20.8 Å². The first-order valence-electron chi connectivity index (χ1n) is 5.80. The van der Waals surface area contributed by atoms with Crippen molar-refractivity contribution in [1.29, 1.82) is 0 Å². The van der Waals surface area contributed by atoms with Gasteiger partial charge in [-0.3, -0.25) is 0 Å². The van der Waals surface area contributed by atoms with Gasteiger partial charge in [-0.05, 0) is 12.8 Å². The molecule has 4 heteroatoms.